The molecule has 0 bridgehead atoms. The molecule has 0 amide bonds. The molecule has 13 heteroatoms. The van der Waals surface area contributed by atoms with Crippen LogP contribution in [-0.2, 0) is 47.4 Å². The first-order valence-electron chi connectivity index (χ1n) is 17.4. The van der Waals surface area contributed by atoms with Crippen LogP contribution >= 0.6 is 23.4 Å². The summed E-state index contributed by atoms with van der Waals surface area (Å²) in [6, 6.07) is 0. The van der Waals surface area contributed by atoms with E-state index in [1.807, 2.05) is 11.8 Å². The lowest BCUT2D eigenvalue weighted by atomic mass is 10.1. The van der Waals surface area contributed by atoms with E-state index < -0.39 is 5.43 Å². The first kappa shape index (κ1) is 45.8. The summed E-state index contributed by atoms with van der Waals surface area (Å²) in [4.78, 5) is 10.4. The number of rotatable bonds is 41. The van der Waals surface area contributed by atoms with Crippen LogP contribution in [0.2, 0.25) is 0 Å². The number of thioether (sulfide) groups is 1. The van der Waals surface area contributed by atoms with Crippen LogP contribution in [0.25, 0.3) is 0 Å². The van der Waals surface area contributed by atoms with Gasteiger partial charge in [0.2, 0.25) is 0 Å². The quantitative estimate of drug-likeness (QED) is 0.0537. The van der Waals surface area contributed by atoms with Gasteiger partial charge in [-0.05, 0) is 12.2 Å². The maximum Gasteiger partial charge on any atom is 0.403 e. The van der Waals surface area contributed by atoms with Gasteiger partial charge in [0.15, 0.2) is 0 Å². The van der Waals surface area contributed by atoms with Gasteiger partial charge in [0, 0.05) is 17.4 Å². The Hall–Kier alpha value is -0.250. The lowest BCUT2D eigenvalue weighted by Gasteiger charge is -2.09. The minimum Gasteiger partial charge on any atom is -0.451 e. The molecule has 0 aromatic heterocycles. The Labute approximate surface area is 288 Å². The highest BCUT2D eigenvalue weighted by Crippen LogP contribution is 2.12. The molecule has 0 aliphatic heterocycles. The Morgan fingerprint density at radius 1 is 0.391 bits per heavy atom. The van der Waals surface area contributed by atoms with E-state index in [1.54, 1.807) is 0 Å². The van der Waals surface area contributed by atoms with Crippen molar-refractivity contribution in [3.8, 4) is 0 Å². The lowest BCUT2D eigenvalue weighted by Crippen LogP contribution is -2.15. The average molecular weight is 705 g/mol. The SMILES string of the molecule is CCCCCCCCCCCCSCCOCCOCCOCCOCCOCCOCCOCCOCCOCCOC(=O)Cl. The van der Waals surface area contributed by atoms with Gasteiger partial charge >= 0.3 is 5.43 Å². The average Bonchev–Trinajstić information content (AvgIpc) is 3.05. The van der Waals surface area contributed by atoms with Crippen LogP contribution in [0.1, 0.15) is 71.1 Å². The Morgan fingerprint density at radius 2 is 0.674 bits per heavy atom. The van der Waals surface area contributed by atoms with E-state index in [0.717, 1.165) is 12.4 Å². The molecule has 0 aromatic rings. The highest BCUT2D eigenvalue weighted by atomic mass is 35.5. The molecule has 0 saturated carbocycles. The molecule has 0 aromatic carbocycles. The van der Waals surface area contributed by atoms with Crippen molar-refractivity contribution in [1.82, 2.24) is 0 Å². The fourth-order valence-electron chi connectivity index (χ4n) is 3.95. The van der Waals surface area contributed by atoms with Gasteiger partial charge in [0.1, 0.15) is 6.61 Å². The number of unbranched alkanes of at least 4 members (excludes halogenated alkanes) is 9. The molecule has 0 atom stereocenters. The first-order chi connectivity index (χ1) is 22.8. The van der Waals surface area contributed by atoms with Crippen molar-refractivity contribution in [2.75, 3.05) is 137 Å². The molecule has 0 unspecified atom stereocenters. The molecule has 0 aliphatic rings. The van der Waals surface area contributed by atoms with Gasteiger partial charge in [0.05, 0.1) is 119 Å². The van der Waals surface area contributed by atoms with Crippen LogP contribution in [0.15, 0.2) is 0 Å². The molecular formula is C33H65ClO11S. The van der Waals surface area contributed by atoms with Crippen LogP contribution in [0.4, 0.5) is 4.79 Å². The molecule has 0 aliphatic carbocycles. The summed E-state index contributed by atoms with van der Waals surface area (Å²) in [6.07, 6.45) is 13.9. The molecule has 0 fully saturated rings. The van der Waals surface area contributed by atoms with Crippen LogP contribution < -0.4 is 0 Å². The van der Waals surface area contributed by atoms with Crippen LogP contribution in [0, 0.1) is 0 Å². The lowest BCUT2D eigenvalue weighted by molar-refractivity contribution is -0.0253. The molecule has 0 saturated heterocycles. The van der Waals surface area contributed by atoms with E-state index in [-0.39, 0.29) is 13.2 Å². The summed E-state index contributed by atoms with van der Waals surface area (Å²) in [5.74, 6) is 2.31. The minimum atomic E-state index is -0.834. The third-order valence-corrected chi connectivity index (χ3v) is 7.58. The van der Waals surface area contributed by atoms with Crippen molar-refractivity contribution in [1.29, 1.82) is 0 Å². The smallest absolute Gasteiger partial charge is 0.403 e. The molecule has 0 heterocycles. The Kier molecular flexibility index (Phi) is 42.5. The summed E-state index contributed by atoms with van der Waals surface area (Å²) in [7, 11) is 0. The summed E-state index contributed by atoms with van der Waals surface area (Å²) in [5.41, 5.74) is -0.834. The number of halogens is 1. The van der Waals surface area contributed by atoms with Crippen molar-refractivity contribution in [3.63, 3.8) is 0 Å². The minimum absolute atomic E-state index is 0.132. The topological polar surface area (TPSA) is 109 Å². The van der Waals surface area contributed by atoms with Crippen LogP contribution in [-0.4, -0.2) is 142 Å². The van der Waals surface area contributed by atoms with E-state index in [2.05, 4.69) is 11.7 Å². The molecule has 0 radical (unpaired) electrons. The predicted octanol–water partition coefficient (Wildman–Crippen LogP) is 6.17. The molecule has 0 rings (SSSR count). The summed E-state index contributed by atoms with van der Waals surface area (Å²) >= 11 is 7.03. The van der Waals surface area contributed by atoms with Crippen molar-refractivity contribution in [2.45, 2.75) is 71.1 Å². The molecular weight excluding hydrogens is 640 g/mol. The van der Waals surface area contributed by atoms with Gasteiger partial charge < -0.3 is 47.4 Å². The van der Waals surface area contributed by atoms with Gasteiger partial charge in [0.25, 0.3) is 0 Å². The first-order valence-corrected chi connectivity index (χ1v) is 18.9. The Balaban J connectivity index is 3.04. The van der Waals surface area contributed by atoms with Crippen molar-refractivity contribution >= 4 is 28.8 Å². The molecule has 0 spiro atoms. The fraction of sp³-hybridized carbons (Fsp3) is 0.970. The van der Waals surface area contributed by atoms with Crippen LogP contribution in [0.5, 0.6) is 0 Å². The van der Waals surface area contributed by atoms with Crippen molar-refractivity contribution in [2.24, 2.45) is 0 Å². The van der Waals surface area contributed by atoms with Gasteiger partial charge in [-0.3, -0.25) is 0 Å². The van der Waals surface area contributed by atoms with Crippen molar-refractivity contribution in [3.05, 3.63) is 0 Å². The normalized spacial score (nSPS) is 11.4. The standard InChI is InChI=1S/C33H65ClO11S/c1-2-3-4-5-6-7-8-9-10-11-31-46-32-30-44-27-26-42-23-22-40-19-18-38-15-14-36-12-13-37-16-17-39-20-21-41-24-25-43-28-29-45-33(34)35/h2-32H2,1H3. The zero-order chi connectivity index (χ0) is 33.3. The van der Waals surface area contributed by atoms with Crippen LogP contribution in [0.3, 0.4) is 0 Å². The monoisotopic (exact) mass is 704 g/mol. The van der Waals surface area contributed by atoms with E-state index >= 15 is 0 Å². The highest BCUT2D eigenvalue weighted by molar-refractivity contribution is 7.99. The third kappa shape index (κ3) is 43.8. The maximum absolute atomic E-state index is 10.4. The second kappa shape index (κ2) is 42.8. The Morgan fingerprint density at radius 3 is 1.00 bits per heavy atom. The fourth-order valence-corrected chi connectivity index (χ4v) is 4.88. The molecule has 0 N–H and O–H groups in total. The van der Waals surface area contributed by atoms with Crippen molar-refractivity contribution < 1.29 is 52.2 Å². The van der Waals surface area contributed by atoms with Gasteiger partial charge in [-0.25, -0.2) is 4.79 Å². The number of carbonyl (C=O) groups is 1. The summed E-state index contributed by atoms with van der Waals surface area (Å²) < 4.78 is 53.6. The highest BCUT2D eigenvalue weighted by Gasteiger charge is 1.98. The zero-order valence-electron chi connectivity index (χ0n) is 28.7. The van der Waals surface area contributed by atoms with Gasteiger partial charge in [-0.2, -0.15) is 11.8 Å². The zero-order valence-corrected chi connectivity index (χ0v) is 30.3. The number of hydrogen-bond donors (Lipinski definition) is 0. The second-order valence-corrected chi connectivity index (χ2v) is 11.9. The summed E-state index contributed by atoms with van der Waals surface area (Å²) in [5, 5.41) is 0. The number of hydrogen-bond acceptors (Lipinski definition) is 12. The number of carbonyl (C=O) groups excluding carboxylic acids is 1. The summed E-state index contributed by atoms with van der Waals surface area (Å²) in [6.45, 7) is 11.7. The second-order valence-electron chi connectivity index (χ2n) is 10.4. The Bertz CT molecular complexity index is 582. The maximum atomic E-state index is 10.4. The molecule has 46 heavy (non-hydrogen) atoms. The van der Waals surface area contributed by atoms with E-state index in [4.69, 9.17) is 54.2 Å². The van der Waals surface area contributed by atoms with E-state index in [0.29, 0.717) is 106 Å². The number of ether oxygens (including phenoxy) is 10. The largest absolute Gasteiger partial charge is 0.451 e. The van der Waals surface area contributed by atoms with Gasteiger partial charge in [-0.1, -0.05) is 64.7 Å². The predicted molar refractivity (Wildman–Crippen MR) is 184 cm³/mol. The van der Waals surface area contributed by atoms with E-state index in [1.165, 1.54) is 70.0 Å². The third-order valence-electron chi connectivity index (χ3n) is 6.43. The molecule has 276 valence electrons. The van der Waals surface area contributed by atoms with E-state index in [9.17, 15) is 4.79 Å². The van der Waals surface area contributed by atoms with Gasteiger partial charge in [-0.15, -0.1) is 0 Å². The molecule has 11 nitrogen and oxygen atoms in total.